The molecular formula is C11H12FNO4. The van der Waals surface area contributed by atoms with Crippen LogP contribution in [0.25, 0.3) is 0 Å². The van der Waals surface area contributed by atoms with Gasteiger partial charge in [-0.2, -0.15) is 0 Å². The van der Waals surface area contributed by atoms with Gasteiger partial charge < -0.3 is 14.7 Å². The van der Waals surface area contributed by atoms with Crippen LogP contribution in [0.5, 0.6) is 5.75 Å². The van der Waals surface area contributed by atoms with Gasteiger partial charge in [-0.1, -0.05) is 0 Å². The Morgan fingerprint density at radius 1 is 1.47 bits per heavy atom. The van der Waals surface area contributed by atoms with Crippen LogP contribution in [0.15, 0.2) is 18.2 Å². The Balaban J connectivity index is 2.99. The molecule has 92 valence electrons. The maximum atomic E-state index is 12.9. The SMILES string of the molecule is COc1cc(F)ccc1N(C)C(=O)CC(=O)O. The summed E-state index contributed by atoms with van der Waals surface area (Å²) in [6.45, 7) is 0. The second-order valence-corrected chi connectivity index (χ2v) is 3.34. The molecule has 1 N–H and O–H groups in total. The number of nitrogens with zero attached hydrogens (tertiary/aromatic N) is 1. The van der Waals surface area contributed by atoms with Crippen LogP contribution >= 0.6 is 0 Å². The molecule has 0 saturated heterocycles. The lowest BCUT2D eigenvalue weighted by Gasteiger charge is -2.19. The van der Waals surface area contributed by atoms with E-state index in [2.05, 4.69) is 0 Å². The molecule has 0 fully saturated rings. The average molecular weight is 241 g/mol. The number of hydrogen-bond acceptors (Lipinski definition) is 3. The van der Waals surface area contributed by atoms with E-state index in [-0.39, 0.29) is 5.75 Å². The van der Waals surface area contributed by atoms with E-state index in [9.17, 15) is 14.0 Å². The molecule has 0 saturated carbocycles. The smallest absolute Gasteiger partial charge is 0.312 e. The van der Waals surface area contributed by atoms with Crippen LogP contribution in [0.2, 0.25) is 0 Å². The molecule has 0 heterocycles. The third-order valence-electron chi connectivity index (χ3n) is 2.18. The Kier molecular flexibility index (Phi) is 4.03. The molecule has 1 aromatic carbocycles. The fourth-order valence-corrected chi connectivity index (χ4v) is 1.31. The van der Waals surface area contributed by atoms with Crippen LogP contribution in [0.4, 0.5) is 10.1 Å². The number of benzene rings is 1. The van der Waals surface area contributed by atoms with Crippen molar-refractivity contribution in [1.29, 1.82) is 0 Å². The molecule has 1 amide bonds. The van der Waals surface area contributed by atoms with Crippen LogP contribution in [0.1, 0.15) is 6.42 Å². The molecule has 0 unspecified atom stereocenters. The van der Waals surface area contributed by atoms with Crippen LogP contribution in [-0.4, -0.2) is 31.1 Å². The van der Waals surface area contributed by atoms with Crippen LogP contribution in [-0.2, 0) is 9.59 Å². The largest absolute Gasteiger partial charge is 0.494 e. The molecular weight excluding hydrogens is 229 g/mol. The van der Waals surface area contributed by atoms with Crippen molar-refractivity contribution in [3.8, 4) is 5.75 Å². The summed E-state index contributed by atoms with van der Waals surface area (Å²) in [5, 5.41) is 8.51. The Labute approximate surface area is 97.4 Å². The average Bonchev–Trinajstić information content (AvgIpc) is 2.27. The first-order valence-corrected chi connectivity index (χ1v) is 4.77. The van der Waals surface area contributed by atoms with Gasteiger partial charge in [-0.25, -0.2) is 4.39 Å². The molecule has 0 aliphatic heterocycles. The fourth-order valence-electron chi connectivity index (χ4n) is 1.31. The first-order valence-electron chi connectivity index (χ1n) is 4.77. The minimum absolute atomic E-state index is 0.172. The summed E-state index contributed by atoms with van der Waals surface area (Å²) in [6, 6.07) is 3.65. The van der Waals surface area contributed by atoms with Crippen LogP contribution in [0, 0.1) is 5.82 Å². The minimum atomic E-state index is -1.22. The quantitative estimate of drug-likeness (QED) is 0.806. The normalized spacial score (nSPS) is 9.82. The van der Waals surface area contributed by atoms with Gasteiger partial charge in [0.2, 0.25) is 5.91 Å². The van der Waals surface area contributed by atoms with Crippen molar-refractivity contribution in [1.82, 2.24) is 0 Å². The molecule has 0 bridgehead atoms. The van der Waals surface area contributed by atoms with Gasteiger partial charge in [0.25, 0.3) is 0 Å². The lowest BCUT2D eigenvalue weighted by atomic mass is 10.2. The highest BCUT2D eigenvalue weighted by atomic mass is 19.1. The van der Waals surface area contributed by atoms with Crippen molar-refractivity contribution in [2.45, 2.75) is 6.42 Å². The molecule has 0 atom stereocenters. The standard InChI is InChI=1S/C11H12FNO4/c1-13(10(14)6-11(15)16)8-4-3-7(12)5-9(8)17-2/h3-5H,6H2,1-2H3,(H,15,16). The molecule has 1 aromatic rings. The first-order chi connectivity index (χ1) is 7.95. The summed E-state index contributed by atoms with van der Waals surface area (Å²) >= 11 is 0. The van der Waals surface area contributed by atoms with Gasteiger partial charge >= 0.3 is 5.97 Å². The van der Waals surface area contributed by atoms with E-state index in [1.165, 1.54) is 26.3 Å². The molecule has 5 nitrogen and oxygen atoms in total. The number of rotatable bonds is 4. The van der Waals surface area contributed by atoms with E-state index in [0.29, 0.717) is 5.69 Å². The summed E-state index contributed by atoms with van der Waals surface area (Å²) in [7, 11) is 2.74. The monoisotopic (exact) mass is 241 g/mol. The third-order valence-corrected chi connectivity index (χ3v) is 2.18. The van der Waals surface area contributed by atoms with Gasteiger partial charge in [-0.15, -0.1) is 0 Å². The number of carboxylic acids is 1. The number of amides is 1. The van der Waals surface area contributed by atoms with E-state index >= 15 is 0 Å². The lowest BCUT2D eigenvalue weighted by Crippen LogP contribution is -2.28. The zero-order valence-electron chi connectivity index (χ0n) is 9.44. The Hall–Kier alpha value is -2.11. The summed E-state index contributed by atoms with van der Waals surface area (Å²) in [5.41, 5.74) is 0.320. The number of hydrogen-bond donors (Lipinski definition) is 1. The second kappa shape index (κ2) is 5.29. The van der Waals surface area contributed by atoms with Crippen LogP contribution in [0.3, 0.4) is 0 Å². The predicted octanol–water partition coefficient (Wildman–Crippen LogP) is 1.27. The maximum Gasteiger partial charge on any atom is 0.312 e. The number of aliphatic carboxylic acids is 1. The molecule has 0 radical (unpaired) electrons. The predicted molar refractivity (Wildman–Crippen MR) is 58.6 cm³/mol. The minimum Gasteiger partial charge on any atom is -0.494 e. The van der Waals surface area contributed by atoms with E-state index in [0.717, 1.165) is 11.0 Å². The molecule has 17 heavy (non-hydrogen) atoms. The first kappa shape index (κ1) is 13.0. The van der Waals surface area contributed by atoms with Crippen molar-refractivity contribution in [2.24, 2.45) is 0 Å². The van der Waals surface area contributed by atoms with E-state index < -0.39 is 24.1 Å². The van der Waals surface area contributed by atoms with Crippen molar-refractivity contribution >= 4 is 17.6 Å². The Morgan fingerprint density at radius 3 is 2.65 bits per heavy atom. The third kappa shape index (κ3) is 3.17. The summed E-state index contributed by atoms with van der Waals surface area (Å²) in [5.74, 6) is -2.15. The highest BCUT2D eigenvalue weighted by Crippen LogP contribution is 2.28. The summed E-state index contributed by atoms with van der Waals surface area (Å²) in [6.07, 6.45) is -0.628. The molecule has 6 heteroatoms. The van der Waals surface area contributed by atoms with Gasteiger partial charge in [-0.3, -0.25) is 9.59 Å². The van der Waals surface area contributed by atoms with E-state index in [4.69, 9.17) is 9.84 Å². The molecule has 0 aliphatic rings. The molecule has 0 spiro atoms. The van der Waals surface area contributed by atoms with Gasteiger partial charge in [0, 0.05) is 13.1 Å². The molecule has 1 rings (SSSR count). The Morgan fingerprint density at radius 2 is 2.12 bits per heavy atom. The van der Waals surface area contributed by atoms with Gasteiger partial charge in [0.1, 0.15) is 18.0 Å². The fraction of sp³-hybridized carbons (Fsp3) is 0.273. The Bertz CT molecular complexity index is 447. The highest BCUT2D eigenvalue weighted by molar-refractivity contribution is 6.03. The van der Waals surface area contributed by atoms with Gasteiger partial charge in [0.05, 0.1) is 12.8 Å². The van der Waals surface area contributed by atoms with Gasteiger partial charge in [0.15, 0.2) is 0 Å². The zero-order valence-corrected chi connectivity index (χ0v) is 9.44. The number of carbonyl (C=O) groups excluding carboxylic acids is 1. The maximum absolute atomic E-state index is 12.9. The number of halogens is 1. The number of methoxy groups -OCH3 is 1. The van der Waals surface area contributed by atoms with Crippen LogP contribution < -0.4 is 9.64 Å². The number of carbonyl (C=O) groups is 2. The highest BCUT2D eigenvalue weighted by Gasteiger charge is 2.18. The van der Waals surface area contributed by atoms with E-state index in [1.807, 2.05) is 0 Å². The van der Waals surface area contributed by atoms with Crippen molar-refractivity contribution in [3.63, 3.8) is 0 Å². The number of carboxylic acid groups (broad SMARTS) is 1. The lowest BCUT2D eigenvalue weighted by molar-refractivity contribution is -0.140. The molecule has 0 aromatic heterocycles. The topological polar surface area (TPSA) is 66.8 Å². The molecule has 0 aliphatic carbocycles. The van der Waals surface area contributed by atoms with Crippen molar-refractivity contribution in [3.05, 3.63) is 24.0 Å². The number of ether oxygens (including phenoxy) is 1. The number of anilines is 1. The second-order valence-electron chi connectivity index (χ2n) is 3.34. The van der Waals surface area contributed by atoms with Gasteiger partial charge in [-0.05, 0) is 12.1 Å². The van der Waals surface area contributed by atoms with Crippen molar-refractivity contribution in [2.75, 3.05) is 19.1 Å². The van der Waals surface area contributed by atoms with E-state index in [1.54, 1.807) is 0 Å². The van der Waals surface area contributed by atoms with Crippen molar-refractivity contribution < 1.29 is 23.8 Å². The summed E-state index contributed by atoms with van der Waals surface area (Å²) in [4.78, 5) is 23.0. The summed E-state index contributed by atoms with van der Waals surface area (Å²) < 4.78 is 17.9. The zero-order chi connectivity index (χ0) is 13.0.